The van der Waals surface area contributed by atoms with Crippen molar-refractivity contribution in [2.45, 2.75) is 25.2 Å². The Morgan fingerprint density at radius 1 is 1.42 bits per heavy atom. The van der Waals surface area contributed by atoms with Crippen LogP contribution in [0.3, 0.4) is 0 Å². The molecular formula is C13H15BrO4S. The van der Waals surface area contributed by atoms with Gasteiger partial charge in [-0.15, -0.1) is 6.58 Å². The number of carboxylic acid groups (broad SMARTS) is 1. The Hall–Kier alpha value is -1.14. The van der Waals surface area contributed by atoms with Gasteiger partial charge in [-0.1, -0.05) is 21.5 Å². The van der Waals surface area contributed by atoms with E-state index in [-0.39, 0.29) is 16.2 Å². The molecular weight excluding hydrogens is 332 g/mol. The van der Waals surface area contributed by atoms with Gasteiger partial charge in [0.2, 0.25) is 0 Å². The van der Waals surface area contributed by atoms with Crippen molar-refractivity contribution in [1.82, 2.24) is 0 Å². The van der Waals surface area contributed by atoms with E-state index in [1.54, 1.807) is 13.8 Å². The van der Waals surface area contributed by atoms with E-state index >= 15 is 0 Å². The van der Waals surface area contributed by atoms with Crippen LogP contribution in [-0.2, 0) is 9.84 Å². The van der Waals surface area contributed by atoms with E-state index in [1.807, 2.05) is 0 Å². The molecule has 0 amide bonds. The number of aromatic carboxylic acids is 1. The van der Waals surface area contributed by atoms with Crippen molar-refractivity contribution in [2.75, 3.05) is 5.75 Å². The number of hydrogen-bond donors (Lipinski definition) is 1. The summed E-state index contributed by atoms with van der Waals surface area (Å²) in [6.45, 7) is 7.07. The Kier molecular flexibility index (Phi) is 4.92. The standard InChI is InChI=1S/C13H15BrO4S/c1-8(2)4-5-19(17,18)12-7-10(13(15)16)6-11(14)9(12)3/h6-7H,1,4-5H2,2-3H3,(H,15,16). The first-order valence-electron chi connectivity index (χ1n) is 5.55. The first-order chi connectivity index (χ1) is 8.65. The highest BCUT2D eigenvalue weighted by atomic mass is 79.9. The van der Waals surface area contributed by atoms with E-state index in [0.717, 1.165) is 5.57 Å². The van der Waals surface area contributed by atoms with Crippen LogP contribution in [0.4, 0.5) is 0 Å². The second-order valence-corrected chi connectivity index (χ2v) is 7.34. The van der Waals surface area contributed by atoms with Gasteiger partial charge >= 0.3 is 5.97 Å². The molecule has 0 saturated carbocycles. The molecule has 19 heavy (non-hydrogen) atoms. The van der Waals surface area contributed by atoms with Crippen LogP contribution >= 0.6 is 15.9 Å². The molecule has 1 aromatic carbocycles. The molecule has 6 heteroatoms. The molecule has 0 aliphatic rings. The van der Waals surface area contributed by atoms with Crippen LogP contribution in [0.1, 0.15) is 29.3 Å². The van der Waals surface area contributed by atoms with Gasteiger partial charge in [0.05, 0.1) is 16.2 Å². The average molecular weight is 347 g/mol. The number of sulfone groups is 1. The lowest BCUT2D eigenvalue weighted by atomic mass is 10.1. The number of allylic oxidation sites excluding steroid dienone is 1. The van der Waals surface area contributed by atoms with Crippen LogP contribution < -0.4 is 0 Å². The smallest absolute Gasteiger partial charge is 0.335 e. The Morgan fingerprint density at radius 2 is 2.00 bits per heavy atom. The molecule has 1 N–H and O–H groups in total. The minimum atomic E-state index is -3.52. The van der Waals surface area contributed by atoms with Crippen molar-refractivity contribution in [3.8, 4) is 0 Å². The Labute approximate surface area is 121 Å². The van der Waals surface area contributed by atoms with E-state index in [2.05, 4.69) is 22.5 Å². The molecule has 0 aromatic heterocycles. The zero-order chi connectivity index (χ0) is 14.8. The van der Waals surface area contributed by atoms with Crippen molar-refractivity contribution < 1.29 is 18.3 Å². The SMILES string of the molecule is C=C(C)CCS(=O)(=O)c1cc(C(=O)O)cc(Br)c1C. The highest BCUT2D eigenvalue weighted by Gasteiger charge is 2.21. The lowest BCUT2D eigenvalue weighted by Gasteiger charge is -2.10. The predicted molar refractivity (Wildman–Crippen MR) is 77.3 cm³/mol. The van der Waals surface area contributed by atoms with Crippen molar-refractivity contribution in [3.63, 3.8) is 0 Å². The minimum Gasteiger partial charge on any atom is -0.478 e. The maximum Gasteiger partial charge on any atom is 0.335 e. The molecule has 4 nitrogen and oxygen atoms in total. The fourth-order valence-electron chi connectivity index (χ4n) is 1.52. The lowest BCUT2D eigenvalue weighted by molar-refractivity contribution is 0.0696. The Bertz CT molecular complexity index is 632. The molecule has 0 unspecified atom stereocenters. The van der Waals surface area contributed by atoms with E-state index in [4.69, 9.17) is 5.11 Å². The van der Waals surface area contributed by atoms with Gasteiger partial charge in [0.15, 0.2) is 9.84 Å². The molecule has 0 aliphatic carbocycles. The largest absolute Gasteiger partial charge is 0.478 e. The molecule has 0 aliphatic heterocycles. The van der Waals surface area contributed by atoms with Crippen molar-refractivity contribution in [1.29, 1.82) is 0 Å². The van der Waals surface area contributed by atoms with Gasteiger partial charge in [-0.05, 0) is 38.0 Å². The van der Waals surface area contributed by atoms with E-state index in [0.29, 0.717) is 16.5 Å². The summed E-state index contributed by atoms with van der Waals surface area (Å²) >= 11 is 3.19. The number of benzene rings is 1. The van der Waals surface area contributed by atoms with Gasteiger partial charge in [-0.3, -0.25) is 0 Å². The van der Waals surface area contributed by atoms with Gasteiger partial charge in [0, 0.05) is 4.47 Å². The van der Waals surface area contributed by atoms with Gasteiger partial charge in [0.25, 0.3) is 0 Å². The summed E-state index contributed by atoms with van der Waals surface area (Å²) in [6.07, 6.45) is 0.358. The summed E-state index contributed by atoms with van der Waals surface area (Å²) in [6, 6.07) is 2.60. The fourth-order valence-corrected chi connectivity index (χ4v) is 3.83. The Balaban J connectivity index is 3.33. The van der Waals surface area contributed by atoms with E-state index in [9.17, 15) is 13.2 Å². The monoisotopic (exact) mass is 346 g/mol. The summed E-state index contributed by atoms with van der Waals surface area (Å²) < 4.78 is 24.9. The Morgan fingerprint density at radius 3 is 2.47 bits per heavy atom. The molecule has 1 aromatic rings. The summed E-state index contributed by atoms with van der Waals surface area (Å²) in [5.41, 5.74) is 1.24. The van der Waals surface area contributed by atoms with Crippen molar-refractivity contribution in [2.24, 2.45) is 0 Å². The quantitative estimate of drug-likeness (QED) is 0.831. The number of rotatable bonds is 5. The van der Waals surface area contributed by atoms with Crippen LogP contribution in [0.2, 0.25) is 0 Å². The maximum absolute atomic E-state index is 12.2. The van der Waals surface area contributed by atoms with Crippen molar-refractivity contribution in [3.05, 3.63) is 39.9 Å². The predicted octanol–water partition coefficient (Wildman–Crippen LogP) is 3.20. The number of carbonyl (C=O) groups is 1. The topological polar surface area (TPSA) is 71.4 Å². The lowest BCUT2D eigenvalue weighted by Crippen LogP contribution is -2.11. The summed E-state index contributed by atoms with van der Waals surface area (Å²) in [4.78, 5) is 11.0. The zero-order valence-electron chi connectivity index (χ0n) is 10.7. The van der Waals surface area contributed by atoms with Crippen LogP contribution in [0.25, 0.3) is 0 Å². The molecule has 0 spiro atoms. The molecule has 0 atom stereocenters. The first-order valence-corrected chi connectivity index (χ1v) is 8.00. The molecule has 0 heterocycles. The van der Waals surface area contributed by atoms with E-state index < -0.39 is 15.8 Å². The van der Waals surface area contributed by atoms with Gasteiger partial charge in [-0.2, -0.15) is 0 Å². The average Bonchev–Trinajstić information content (AvgIpc) is 2.29. The molecule has 1 rings (SSSR count). The first kappa shape index (κ1) is 15.9. The van der Waals surface area contributed by atoms with Gasteiger partial charge in [-0.25, -0.2) is 13.2 Å². The van der Waals surface area contributed by atoms with Gasteiger partial charge in [0.1, 0.15) is 0 Å². The maximum atomic E-state index is 12.2. The van der Waals surface area contributed by atoms with Crippen LogP contribution in [0, 0.1) is 6.92 Å². The highest BCUT2D eigenvalue weighted by Crippen LogP contribution is 2.27. The molecule has 104 valence electrons. The van der Waals surface area contributed by atoms with Crippen LogP contribution in [0.5, 0.6) is 0 Å². The fraction of sp³-hybridized carbons (Fsp3) is 0.308. The number of hydrogen-bond acceptors (Lipinski definition) is 3. The van der Waals surface area contributed by atoms with Gasteiger partial charge < -0.3 is 5.11 Å². The molecule has 0 radical (unpaired) electrons. The number of carboxylic acids is 1. The highest BCUT2D eigenvalue weighted by molar-refractivity contribution is 9.10. The van der Waals surface area contributed by atoms with Crippen LogP contribution in [-0.4, -0.2) is 25.2 Å². The normalized spacial score (nSPS) is 11.3. The second-order valence-electron chi connectivity index (χ2n) is 4.41. The minimum absolute atomic E-state index is 0.0497. The third-order valence-electron chi connectivity index (χ3n) is 2.68. The zero-order valence-corrected chi connectivity index (χ0v) is 13.1. The molecule has 0 fully saturated rings. The van der Waals surface area contributed by atoms with Crippen molar-refractivity contribution >= 4 is 31.7 Å². The number of halogens is 1. The third-order valence-corrected chi connectivity index (χ3v) is 5.34. The summed E-state index contributed by atoms with van der Waals surface area (Å²) in [7, 11) is -3.52. The molecule has 0 saturated heterocycles. The summed E-state index contributed by atoms with van der Waals surface area (Å²) in [5.74, 6) is -1.23. The molecule has 0 bridgehead atoms. The third kappa shape index (κ3) is 3.91. The summed E-state index contributed by atoms with van der Waals surface area (Å²) in [5, 5.41) is 8.98. The van der Waals surface area contributed by atoms with Crippen LogP contribution in [0.15, 0.2) is 33.7 Å². The van der Waals surface area contributed by atoms with E-state index in [1.165, 1.54) is 12.1 Å². The second kappa shape index (κ2) is 5.88.